The maximum Gasteiger partial charge on any atom is 0.306 e. The molecule has 0 aromatic carbocycles. The van der Waals surface area contributed by atoms with Gasteiger partial charge in [0.15, 0.2) is 6.10 Å². The zero-order chi connectivity index (χ0) is 46.3. The van der Waals surface area contributed by atoms with E-state index >= 15 is 0 Å². The minimum Gasteiger partial charge on any atom is -0.462 e. The van der Waals surface area contributed by atoms with Gasteiger partial charge in [0.1, 0.15) is 6.61 Å². The number of hydrogen-bond donors (Lipinski definition) is 0. The normalized spacial score (nSPS) is 13.5. The third-order valence-electron chi connectivity index (χ3n) is 9.85. The lowest BCUT2D eigenvalue weighted by molar-refractivity contribution is -0.163. The first-order chi connectivity index (χ1) is 31.6. The smallest absolute Gasteiger partial charge is 0.306 e. The van der Waals surface area contributed by atoms with Crippen LogP contribution in [-0.4, -0.2) is 37.9 Å². The van der Waals surface area contributed by atoms with E-state index in [-0.39, 0.29) is 25.2 Å². The Morgan fingerprint density at radius 2 is 0.656 bits per heavy atom. The summed E-state index contributed by atoms with van der Waals surface area (Å²) >= 11 is 0. The zero-order valence-electron chi connectivity index (χ0n) is 41.0. The van der Waals surface area contributed by atoms with E-state index in [0.717, 1.165) is 154 Å². The van der Waals surface area contributed by atoms with Gasteiger partial charge < -0.3 is 14.2 Å². The highest BCUT2D eigenvalue weighted by atomic mass is 16.6. The van der Waals surface area contributed by atoms with Gasteiger partial charge in [-0.25, -0.2) is 0 Å². The van der Waals surface area contributed by atoms with Gasteiger partial charge in [-0.2, -0.15) is 0 Å². The number of hydrogen-bond acceptors (Lipinski definition) is 5. The average molecular weight is 881 g/mol. The fraction of sp³-hybridized carbons (Fsp3) is 0.559. The van der Waals surface area contributed by atoms with Crippen molar-refractivity contribution in [2.45, 2.75) is 194 Å². The second kappa shape index (κ2) is 53.1. The molecule has 0 N–H and O–H groups in total. The lowest BCUT2D eigenvalue weighted by Gasteiger charge is -2.18. The largest absolute Gasteiger partial charge is 0.462 e. The van der Waals surface area contributed by atoms with Crippen LogP contribution in [0.5, 0.6) is 0 Å². The Labute approximate surface area is 393 Å². The van der Waals surface area contributed by atoms with E-state index in [9.17, 15) is 9.59 Å². The Kier molecular flexibility index (Phi) is 49.6. The van der Waals surface area contributed by atoms with Gasteiger partial charge in [-0.3, -0.25) is 9.59 Å². The molecule has 0 aliphatic carbocycles. The summed E-state index contributed by atoms with van der Waals surface area (Å²) in [5.41, 5.74) is 0. The molecule has 0 saturated heterocycles. The number of rotatable bonds is 44. The number of carbonyl (C=O) groups excluding carboxylic acids is 2. The van der Waals surface area contributed by atoms with Crippen molar-refractivity contribution in [2.75, 3.05) is 19.8 Å². The van der Waals surface area contributed by atoms with E-state index < -0.39 is 6.10 Å². The Bertz CT molecular complexity index is 1410. The second-order valence-corrected chi connectivity index (χ2v) is 15.9. The quantitative estimate of drug-likeness (QED) is 0.0347. The summed E-state index contributed by atoms with van der Waals surface area (Å²) in [6.07, 6.45) is 77.2. The van der Waals surface area contributed by atoms with Crippen LogP contribution in [0.2, 0.25) is 0 Å². The van der Waals surface area contributed by atoms with Gasteiger partial charge in [0.05, 0.1) is 6.61 Å². The third-order valence-corrected chi connectivity index (χ3v) is 9.85. The third kappa shape index (κ3) is 50.4. The Hall–Kier alpha value is -4.22. The molecule has 0 saturated carbocycles. The Balaban J connectivity index is 4.46. The molecule has 358 valence electrons. The van der Waals surface area contributed by atoms with Gasteiger partial charge in [0, 0.05) is 19.4 Å². The maximum atomic E-state index is 12.8. The molecule has 1 atom stereocenters. The van der Waals surface area contributed by atoms with Crippen LogP contribution in [0.3, 0.4) is 0 Å². The van der Waals surface area contributed by atoms with Gasteiger partial charge >= 0.3 is 11.9 Å². The average Bonchev–Trinajstić information content (AvgIpc) is 3.30. The molecule has 1 unspecified atom stereocenters. The van der Waals surface area contributed by atoms with Crippen molar-refractivity contribution < 1.29 is 23.8 Å². The first-order valence-electron chi connectivity index (χ1n) is 25.4. The number of esters is 2. The minimum absolute atomic E-state index is 0.0323. The van der Waals surface area contributed by atoms with E-state index in [4.69, 9.17) is 14.2 Å². The molecule has 0 spiro atoms. The topological polar surface area (TPSA) is 61.8 Å². The molecule has 0 heterocycles. The second-order valence-electron chi connectivity index (χ2n) is 15.9. The predicted octanol–water partition coefficient (Wildman–Crippen LogP) is 17.3. The summed E-state index contributed by atoms with van der Waals surface area (Å²) < 4.78 is 17.3. The van der Waals surface area contributed by atoms with Gasteiger partial charge in [-0.05, 0) is 135 Å². The molecule has 0 rings (SSSR count). The molecule has 0 amide bonds. The Morgan fingerprint density at radius 3 is 1.02 bits per heavy atom. The number of carbonyl (C=O) groups is 2. The molecule has 64 heavy (non-hydrogen) atoms. The van der Waals surface area contributed by atoms with E-state index in [0.29, 0.717) is 19.4 Å². The van der Waals surface area contributed by atoms with E-state index in [1.54, 1.807) is 0 Å². The van der Waals surface area contributed by atoms with Gasteiger partial charge in [0.25, 0.3) is 0 Å². The zero-order valence-corrected chi connectivity index (χ0v) is 41.0. The lowest BCUT2D eigenvalue weighted by Crippen LogP contribution is -2.30. The van der Waals surface area contributed by atoms with Crippen LogP contribution in [0.4, 0.5) is 0 Å². The molecule has 0 radical (unpaired) electrons. The molecule has 0 aromatic rings. The predicted molar refractivity (Wildman–Crippen MR) is 278 cm³/mol. The first-order valence-corrected chi connectivity index (χ1v) is 25.4. The Morgan fingerprint density at radius 1 is 0.344 bits per heavy atom. The van der Waals surface area contributed by atoms with E-state index in [2.05, 4.69) is 167 Å². The van der Waals surface area contributed by atoms with Gasteiger partial charge in [-0.1, -0.05) is 186 Å². The molecule has 0 aliphatic heterocycles. The summed E-state index contributed by atoms with van der Waals surface area (Å²) in [5.74, 6) is -0.501. The van der Waals surface area contributed by atoms with Crippen LogP contribution < -0.4 is 0 Å². The molecule has 0 fully saturated rings. The van der Waals surface area contributed by atoms with Crippen molar-refractivity contribution in [1.82, 2.24) is 0 Å². The van der Waals surface area contributed by atoms with Crippen LogP contribution in [0.25, 0.3) is 0 Å². The minimum atomic E-state index is -0.593. The molecular formula is C59H92O5. The van der Waals surface area contributed by atoms with Crippen molar-refractivity contribution in [1.29, 1.82) is 0 Å². The van der Waals surface area contributed by atoms with E-state index in [1.165, 1.54) is 0 Å². The fourth-order valence-electron chi connectivity index (χ4n) is 6.19. The number of unbranched alkanes of at least 4 members (excludes halogenated alkanes) is 9. The van der Waals surface area contributed by atoms with Crippen LogP contribution in [0, 0.1) is 0 Å². The summed E-state index contributed by atoms with van der Waals surface area (Å²) in [5, 5.41) is 0. The fourth-order valence-corrected chi connectivity index (χ4v) is 6.19. The summed E-state index contributed by atoms with van der Waals surface area (Å²) in [4.78, 5) is 25.4. The van der Waals surface area contributed by atoms with Crippen LogP contribution in [0.1, 0.15) is 188 Å². The first kappa shape index (κ1) is 59.8. The van der Waals surface area contributed by atoms with Gasteiger partial charge in [-0.15, -0.1) is 0 Å². The van der Waals surface area contributed by atoms with Crippen molar-refractivity contribution in [3.8, 4) is 0 Å². The van der Waals surface area contributed by atoms with Crippen molar-refractivity contribution >= 4 is 11.9 Å². The highest BCUT2D eigenvalue weighted by Gasteiger charge is 2.17. The number of allylic oxidation sites excluding steroid dienone is 24. The van der Waals surface area contributed by atoms with Crippen molar-refractivity contribution in [3.05, 3.63) is 146 Å². The summed E-state index contributed by atoms with van der Waals surface area (Å²) in [7, 11) is 0. The van der Waals surface area contributed by atoms with Crippen LogP contribution in [-0.2, 0) is 23.8 Å². The van der Waals surface area contributed by atoms with Crippen LogP contribution in [0.15, 0.2) is 146 Å². The number of ether oxygens (including phenoxy) is 3. The molecule has 0 bridgehead atoms. The molecule has 0 aromatic heterocycles. The molecule has 5 heteroatoms. The molecule has 0 aliphatic rings. The monoisotopic (exact) mass is 881 g/mol. The summed E-state index contributed by atoms with van der Waals surface area (Å²) in [6.45, 7) is 7.32. The summed E-state index contributed by atoms with van der Waals surface area (Å²) in [6, 6.07) is 0. The molecule has 5 nitrogen and oxygen atoms in total. The highest BCUT2D eigenvalue weighted by Crippen LogP contribution is 2.10. The molecular weight excluding hydrogens is 789 g/mol. The van der Waals surface area contributed by atoms with Crippen LogP contribution >= 0.6 is 0 Å². The maximum absolute atomic E-state index is 12.8. The SMILES string of the molecule is CC/C=C\C/C=C\C/C=C\C/C=C\C/C=C\CCCCCC(=O)OCC(COCCCCC/C=C\C/C=C\C/C=C\C/C=C\CC)OC(=O)CCCCC/C=C\C/C=C\C/C=C\CC. The van der Waals surface area contributed by atoms with Crippen molar-refractivity contribution in [2.24, 2.45) is 0 Å². The lowest BCUT2D eigenvalue weighted by atomic mass is 10.1. The highest BCUT2D eigenvalue weighted by molar-refractivity contribution is 5.70. The van der Waals surface area contributed by atoms with Gasteiger partial charge in [0.2, 0.25) is 0 Å². The standard InChI is InChI=1S/C59H92O5/c1-4-7-10-13-16-19-22-25-27-29-30-31-32-35-37-40-43-46-49-52-58(60)63-56-57(64-59(61)53-50-47-44-41-38-34-24-21-18-15-12-9-6-3)55-62-54-51-48-45-42-39-36-33-28-26-23-20-17-14-11-8-5-2/h7-12,16-21,25-28,30-31,34-39,57H,4-6,13-15,22-24,29,32-33,40-56H2,1-3H3/b10-7-,11-8-,12-9-,19-16-,20-17-,21-18-,27-25-,28-26-,31-30-,37-35-,38-34-,39-36-. The van der Waals surface area contributed by atoms with E-state index in [1.807, 2.05) is 0 Å². The van der Waals surface area contributed by atoms with Crippen molar-refractivity contribution in [3.63, 3.8) is 0 Å².